The first-order valence-electron chi connectivity index (χ1n) is 7.46. The van der Waals surface area contributed by atoms with Crippen LogP contribution in [0.15, 0.2) is 48.5 Å². The van der Waals surface area contributed by atoms with Crippen LogP contribution in [0.4, 0.5) is 11.4 Å². The number of benzene rings is 2. The third-order valence-electron chi connectivity index (χ3n) is 3.98. The Balaban J connectivity index is -0.00000132. The third kappa shape index (κ3) is 7.39. The molecule has 150 valence electrons. The van der Waals surface area contributed by atoms with E-state index >= 15 is 0 Å². The summed E-state index contributed by atoms with van der Waals surface area (Å²) in [4.78, 5) is 4.13. The van der Waals surface area contributed by atoms with Crippen LogP contribution in [-0.4, -0.2) is 28.2 Å². The van der Waals surface area contributed by atoms with Crippen molar-refractivity contribution in [3.05, 3.63) is 59.7 Å². The van der Waals surface area contributed by atoms with E-state index in [9.17, 15) is 0 Å². The van der Waals surface area contributed by atoms with Crippen LogP contribution in [-0.2, 0) is 0 Å². The van der Waals surface area contributed by atoms with E-state index in [4.69, 9.17) is 11.5 Å². The van der Waals surface area contributed by atoms with Crippen molar-refractivity contribution < 1.29 is 0 Å². The molecule has 0 saturated carbocycles. The zero-order valence-electron chi connectivity index (χ0n) is 15.5. The molecule has 0 aliphatic heterocycles. The molecule has 0 aliphatic carbocycles. The van der Waals surface area contributed by atoms with Gasteiger partial charge in [0.15, 0.2) is 0 Å². The van der Waals surface area contributed by atoms with E-state index in [-0.39, 0.29) is 61.7 Å². The molecule has 0 bridgehead atoms. The summed E-state index contributed by atoms with van der Waals surface area (Å²) < 4.78 is 0. The van der Waals surface area contributed by atoms with Gasteiger partial charge in [-0.1, -0.05) is 24.3 Å². The maximum Gasteiger partial charge on any atom is 0.0491 e. The molecular formula is C18H30Cl4N4. The van der Waals surface area contributed by atoms with Crippen LogP contribution in [0, 0.1) is 0 Å². The summed E-state index contributed by atoms with van der Waals surface area (Å²) in [6.45, 7) is 0. The van der Waals surface area contributed by atoms with E-state index in [0.29, 0.717) is 0 Å². The van der Waals surface area contributed by atoms with Gasteiger partial charge in [0.05, 0.1) is 0 Å². The highest BCUT2D eigenvalue weighted by atomic mass is 35.5. The van der Waals surface area contributed by atoms with E-state index in [2.05, 4.69) is 34.1 Å². The fourth-order valence-corrected chi connectivity index (χ4v) is 2.40. The molecule has 0 heterocycles. The molecule has 0 radical (unpaired) electrons. The van der Waals surface area contributed by atoms with Crippen molar-refractivity contribution in [2.45, 2.75) is 12.1 Å². The number of hydrogen-bond acceptors (Lipinski definition) is 4. The van der Waals surface area contributed by atoms with Gasteiger partial charge in [-0.15, -0.1) is 49.6 Å². The lowest BCUT2D eigenvalue weighted by Crippen LogP contribution is -2.26. The first-order chi connectivity index (χ1) is 10.4. The highest BCUT2D eigenvalue weighted by molar-refractivity contribution is 5.86. The molecule has 4 N–H and O–H groups in total. The van der Waals surface area contributed by atoms with Gasteiger partial charge in [-0.3, -0.25) is 0 Å². The molecule has 2 atom stereocenters. The lowest BCUT2D eigenvalue weighted by Gasteiger charge is -2.22. The molecule has 0 saturated heterocycles. The summed E-state index contributed by atoms with van der Waals surface area (Å²) in [5.41, 5.74) is 17.1. The number of anilines is 2. The standard InChI is InChI=1S/C18H26N4.4ClH/c1-21(2)15-9-5-13(6-10-15)17(19)18(20)14-7-11-16(12-8-14)22(3)4;;;;/h5-12,17-18H,19-20H2,1-4H3;4*1H. The Labute approximate surface area is 181 Å². The van der Waals surface area contributed by atoms with E-state index in [0.717, 1.165) is 22.5 Å². The largest absolute Gasteiger partial charge is 0.378 e. The van der Waals surface area contributed by atoms with E-state index in [1.165, 1.54) is 0 Å². The first-order valence-corrected chi connectivity index (χ1v) is 7.46. The third-order valence-corrected chi connectivity index (χ3v) is 3.98. The summed E-state index contributed by atoms with van der Waals surface area (Å²) >= 11 is 0. The minimum Gasteiger partial charge on any atom is -0.378 e. The molecule has 2 aromatic rings. The van der Waals surface area contributed by atoms with E-state index in [1.807, 2.05) is 52.5 Å². The van der Waals surface area contributed by atoms with Crippen molar-refractivity contribution in [3.63, 3.8) is 0 Å². The second-order valence-corrected chi connectivity index (χ2v) is 6.02. The average Bonchev–Trinajstić information content (AvgIpc) is 2.53. The molecule has 2 unspecified atom stereocenters. The summed E-state index contributed by atoms with van der Waals surface area (Å²) in [7, 11) is 8.08. The van der Waals surface area contributed by atoms with Gasteiger partial charge in [0, 0.05) is 51.6 Å². The Morgan fingerprint density at radius 1 is 0.538 bits per heavy atom. The van der Waals surface area contributed by atoms with Crippen molar-refractivity contribution >= 4 is 61.0 Å². The first kappa shape index (κ1) is 29.9. The van der Waals surface area contributed by atoms with Crippen molar-refractivity contribution in [2.24, 2.45) is 11.5 Å². The molecular weight excluding hydrogens is 414 g/mol. The number of hydrogen-bond donors (Lipinski definition) is 2. The SMILES string of the molecule is CN(C)c1ccc(C(N)C(N)c2ccc(N(C)C)cc2)cc1.Cl.Cl.Cl.Cl. The molecule has 4 nitrogen and oxygen atoms in total. The van der Waals surface area contributed by atoms with Crippen LogP contribution < -0.4 is 21.3 Å². The zero-order valence-corrected chi connectivity index (χ0v) is 18.7. The van der Waals surface area contributed by atoms with Crippen molar-refractivity contribution in [3.8, 4) is 0 Å². The highest BCUT2D eigenvalue weighted by Gasteiger charge is 2.17. The molecule has 0 aliphatic rings. The van der Waals surface area contributed by atoms with E-state index in [1.54, 1.807) is 0 Å². The Hall–Kier alpha value is -0.880. The molecule has 0 fully saturated rings. The molecule has 0 spiro atoms. The van der Waals surface area contributed by atoms with Gasteiger partial charge >= 0.3 is 0 Å². The van der Waals surface area contributed by atoms with Gasteiger partial charge in [-0.2, -0.15) is 0 Å². The molecule has 0 amide bonds. The summed E-state index contributed by atoms with van der Waals surface area (Å²) in [5, 5.41) is 0. The van der Waals surface area contributed by atoms with Crippen LogP contribution in [0.3, 0.4) is 0 Å². The molecule has 26 heavy (non-hydrogen) atoms. The normalized spacial score (nSPS) is 11.5. The maximum absolute atomic E-state index is 6.35. The van der Waals surface area contributed by atoms with Crippen molar-refractivity contribution in [1.29, 1.82) is 0 Å². The topological polar surface area (TPSA) is 58.5 Å². The summed E-state index contributed by atoms with van der Waals surface area (Å²) in [5.74, 6) is 0. The lowest BCUT2D eigenvalue weighted by molar-refractivity contribution is 0.574. The van der Waals surface area contributed by atoms with Gasteiger partial charge in [0.25, 0.3) is 0 Å². The van der Waals surface area contributed by atoms with Crippen LogP contribution in [0.5, 0.6) is 0 Å². The van der Waals surface area contributed by atoms with Crippen LogP contribution >= 0.6 is 49.6 Å². The monoisotopic (exact) mass is 442 g/mol. The smallest absolute Gasteiger partial charge is 0.0491 e. The molecule has 8 heteroatoms. The van der Waals surface area contributed by atoms with E-state index < -0.39 is 0 Å². The summed E-state index contributed by atoms with van der Waals surface area (Å²) in [6, 6.07) is 16.0. The van der Waals surface area contributed by atoms with Gasteiger partial charge in [-0.25, -0.2) is 0 Å². The number of rotatable bonds is 5. The van der Waals surface area contributed by atoms with Gasteiger partial charge in [0.1, 0.15) is 0 Å². The predicted octanol–water partition coefficient (Wildman–Crippen LogP) is 4.21. The number of nitrogens with zero attached hydrogens (tertiary/aromatic N) is 2. The lowest BCUT2D eigenvalue weighted by atomic mass is 9.94. The maximum atomic E-state index is 6.35. The van der Waals surface area contributed by atoms with Crippen LogP contribution in [0.25, 0.3) is 0 Å². The Bertz CT molecular complexity index is 548. The van der Waals surface area contributed by atoms with Crippen LogP contribution in [0.1, 0.15) is 23.2 Å². The second kappa shape index (κ2) is 13.3. The quantitative estimate of drug-likeness (QED) is 0.726. The Morgan fingerprint density at radius 2 is 0.769 bits per heavy atom. The molecule has 2 rings (SSSR count). The number of nitrogens with two attached hydrogens (primary N) is 2. The average molecular weight is 444 g/mol. The highest BCUT2D eigenvalue weighted by Crippen LogP contribution is 2.27. The van der Waals surface area contributed by atoms with Gasteiger partial charge < -0.3 is 21.3 Å². The predicted molar refractivity (Wildman–Crippen MR) is 124 cm³/mol. The minimum atomic E-state index is -0.221. The van der Waals surface area contributed by atoms with Crippen molar-refractivity contribution in [1.82, 2.24) is 0 Å². The molecule has 2 aromatic carbocycles. The second-order valence-electron chi connectivity index (χ2n) is 6.02. The number of halogens is 4. The summed E-state index contributed by atoms with van der Waals surface area (Å²) in [6.07, 6.45) is 0. The fraction of sp³-hybridized carbons (Fsp3) is 0.333. The van der Waals surface area contributed by atoms with Gasteiger partial charge in [0.2, 0.25) is 0 Å². The zero-order chi connectivity index (χ0) is 16.3. The van der Waals surface area contributed by atoms with Gasteiger partial charge in [-0.05, 0) is 35.4 Å². The Morgan fingerprint density at radius 3 is 0.962 bits per heavy atom. The molecule has 0 aromatic heterocycles. The fourth-order valence-electron chi connectivity index (χ4n) is 2.40. The van der Waals surface area contributed by atoms with Crippen molar-refractivity contribution in [2.75, 3.05) is 38.0 Å². The Kier molecular flexibility index (Phi) is 15.3. The minimum absolute atomic E-state index is 0. The van der Waals surface area contributed by atoms with Crippen LogP contribution in [0.2, 0.25) is 0 Å².